The summed E-state index contributed by atoms with van der Waals surface area (Å²) < 4.78 is 7.20. The monoisotopic (exact) mass is 224 g/mol. The van der Waals surface area contributed by atoms with Crippen molar-refractivity contribution in [3.8, 4) is 0 Å². The van der Waals surface area contributed by atoms with Crippen molar-refractivity contribution >= 4 is 5.97 Å². The number of aryl methyl sites for hydroxylation is 2. The minimum atomic E-state index is -0.406. The quantitative estimate of drug-likeness (QED) is 0.739. The number of carbonyl (C=O) groups is 1. The smallest absolute Gasteiger partial charge is 0.308 e. The van der Waals surface area contributed by atoms with Crippen LogP contribution in [0.1, 0.15) is 38.6 Å². The molecule has 16 heavy (non-hydrogen) atoms. The number of hydrogen-bond acceptors (Lipinski definition) is 3. The van der Waals surface area contributed by atoms with Gasteiger partial charge in [-0.15, -0.1) is 0 Å². The lowest BCUT2D eigenvalue weighted by Gasteiger charge is -2.19. The van der Waals surface area contributed by atoms with Gasteiger partial charge in [0.15, 0.2) is 0 Å². The van der Waals surface area contributed by atoms with E-state index in [9.17, 15) is 4.79 Å². The summed E-state index contributed by atoms with van der Waals surface area (Å²) in [6.07, 6.45) is 2.14. The summed E-state index contributed by atoms with van der Waals surface area (Å²) in [6, 6.07) is 0. The van der Waals surface area contributed by atoms with Crippen LogP contribution in [0.2, 0.25) is 0 Å². The SMILES string of the molecule is Cc1ncn(CCC(=O)OC(C)(C)C)c1C. The summed E-state index contributed by atoms with van der Waals surface area (Å²) in [6.45, 7) is 10.2. The molecule has 0 aromatic carbocycles. The second-order valence-corrected chi connectivity index (χ2v) is 4.95. The van der Waals surface area contributed by atoms with Gasteiger partial charge < -0.3 is 9.30 Å². The molecule has 1 heterocycles. The van der Waals surface area contributed by atoms with Gasteiger partial charge >= 0.3 is 5.97 Å². The second-order valence-electron chi connectivity index (χ2n) is 4.95. The van der Waals surface area contributed by atoms with E-state index in [1.165, 1.54) is 0 Å². The van der Waals surface area contributed by atoms with Gasteiger partial charge in [0.25, 0.3) is 0 Å². The largest absolute Gasteiger partial charge is 0.460 e. The summed E-state index contributed by atoms with van der Waals surface area (Å²) in [5.41, 5.74) is 1.70. The molecule has 0 spiro atoms. The van der Waals surface area contributed by atoms with Gasteiger partial charge in [-0.25, -0.2) is 4.98 Å². The number of hydrogen-bond donors (Lipinski definition) is 0. The third-order valence-electron chi connectivity index (χ3n) is 2.32. The Balaban J connectivity index is 2.47. The molecule has 0 aliphatic carbocycles. The number of nitrogens with zero attached hydrogens (tertiary/aromatic N) is 2. The first kappa shape index (κ1) is 12.7. The molecule has 1 rings (SSSR count). The zero-order chi connectivity index (χ0) is 12.3. The van der Waals surface area contributed by atoms with Crippen molar-refractivity contribution in [2.24, 2.45) is 0 Å². The van der Waals surface area contributed by atoms with Crippen LogP contribution >= 0.6 is 0 Å². The molecule has 0 saturated carbocycles. The number of rotatable bonds is 3. The van der Waals surface area contributed by atoms with Crippen LogP contribution in [-0.2, 0) is 16.1 Å². The topological polar surface area (TPSA) is 44.1 Å². The molecule has 0 N–H and O–H groups in total. The van der Waals surface area contributed by atoms with E-state index in [0.29, 0.717) is 13.0 Å². The van der Waals surface area contributed by atoms with Gasteiger partial charge in [-0.3, -0.25) is 4.79 Å². The molecular formula is C12H20N2O2. The fourth-order valence-corrected chi connectivity index (χ4v) is 1.37. The van der Waals surface area contributed by atoms with Gasteiger partial charge in [0, 0.05) is 12.2 Å². The van der Waals surface area contributed by atoms with E-state index in [1.54, 1.807) is 6.33 Å². The average Bonchev–Trinajstić information content (AvgIpc) is 2.42. The van der Waals surface area contributed by atoms with Gasteiger partial charge in [0.2, 0.25) is 0 Å². The Morgan fingerprint density at radius 2 is 2.06 bits per heavy atom. The molecule has 0 aliphatic heterocycles. The molecular weight excluding hydrogens is 204 g/mol. The summed E-state index contributed by atoms with van der Waals surface area (Å²) in [5, 5.41) is 0. The molecule has 4 heteroatoms. The van der Waals surface area contributed by atoms with Crippen molar-refractivity contribution in [1.82, 2.24) is 9.55 Å². The summed E-state index contributed by atoms with van der Waals surface area (Å²) >= 11 is 0. The highest BCUT2D eigenvalue weighted by atomic mass is 16.6. The molecule has 0 atom stereocenters. The molecule has 0 unspecified atom stereocenters. The van der Waals surface area contributed by atoms with E-state index in [2.05, 4.69) is 4.98 Å². The summed E-state index contributed by atoms with van der Waals surface area (Å²) in [5.74, 6) is -0.168. The summed E-state index contributed by atoms with van der Waals surface area (Å²) in [4.78, 5) is 15.7. The Kier molecular flexibility index (Phi) is 3.73. The maximum atomic E-state index is 11.5. The van der Waals surface area contributed by atoms with Crippen LogP contribution in [-0.4, -0.2) is 21.1 Å². The zero-order valence-electron chi connectivity index (χ0n) is 10.7. The third kappa shape index (κ3) is 3.68. The summed E-state index contributed by atoms with van der Waals surface area (Å²) in [7, 11) is 0. The highest BCUT2D eigenvalue weighted by Gasteiger charge is 2.16. The van der Waals surface area contributed by atoms with Crippen LogP contribution in [0.4, 0.5) is 0 Å². The predicted molar refractivity (Wildman–Crippen MR) is 62.2 cm³/mol. The number of carbonyl (C=O) groups excluding carboxylic acids is 1. The highest BCUT2D eigenvalue weighted by Crippen LogP contribution is 2.10. The van der Waals surface area contributed by atoms with Crippen molar-refractivity contribution < 1.29 is 9.53 Å². The van der Waals surface area contributed by atoms with E-state index < -0.39 is 5.60 Å². The molecule has 0 radical (unpaired) electrons. The van der Waals surface area contributed by atoms with Gasteiger partial charge in [0.1, 0.15) is 5.60 Å². The fourth-order valence-electron chi connectivity index (χ4n) is 1.37. The Morgan fingerprint density at radius 3 is 2.50 bits per heavy atom. The van der Waals surface area contributed by atoms with Crippen molar-refractivity contribution in [3.63, 3.8) is 0 Å². The number of imidazole rings is 1. The molecule has 0 bridgehead atoms. The fraction of sp³-hybridized carbons (Fsp3) is 0.667. The lowest BCUT2D eigenvalue weighted by Crippen LogP contribution is -2.24. The lowest BCUT2D eigenvalue weighted by molar-refractivity contribution is -0.155. The van der Waals surface area contributed by atoms with Crippen LogP contribution in [0.25, 0.3) is 0 Å². The molecule has 0 saturated heterocycles. The molecule has 1 aromatic rings. The van der Waals surface area contributed by atoms with Crippen LogP contribution in [0, 0.1) is 13.8 Å². The first-order valence-corrected chi connectivity index (χ1v) is 5.50. The molecule has 0 amide bonds. The first-order chi connectivity index (χ1) is 7.29. The third-order valence-corrected chi connectivity index (χ3v) is 2.32. The van der Waals surface area contributed by atoms with Crippen molar-refractivity contribution in [2.75, 3.05) is 0 Å². The van der Waals surface area contributed by atoms with Crippen LogP contribution < -0.4 is 0 Å². The number of esters is 1. The first-order valence-electron chi connectivity index (χ1n) is 5.50. The van der Waals surface area contributed by atoms with Crippen molar-refractivity contribution in [3.05, 3.63) is 17.7 Å². The number of ether oxygens (including phenoxy) is 1. The second kappa shape index (κ2) is 4.68. The molecule has 0 fully saturated rings. The van der Waals surface area contributed by atoms with E-state index in [4.69, 9.17) is 4.74 Å². The molecule has 0 aliphatic rings. The Labute approximate surface area is 96.6 Å². The van der Waals surface area contributed by atoms with Crippen LogP contribution in [0.15, 0.2) is 6.33 Å². The van der Waals surface area contributed by atoms with Gasteiger partial charge in [-0.05, 0) is 34.6 Å². The molecule has 1 aromatic heterocycles. The van der Waals surface area contributed by atoms with E-state index in [-0.39, 0.29) is 5.97 Å². The molecule has 90 valence electrons. The standard InChI is InChI=1S/C12H20N2O2/c1-9-10(2)14(8-13-9)7-6-11(15)16-12(3,4)5/h8H,6-7H2,1-5H3. The minimum absolute atomic E-state index is 0.168. The number of aromatic nitrogens is 2. The van der Waals surface area contributed by atoms with Crippen molar-refractivity contribution in [1.29, 1.82) is 0 Å². The van der Waals surface area contributed by atoms with E-state index >= 15 is 0 Å². The normalized spacial score (nSPS) is 11.6. The predicted octanol–water partition coefficient (Wildman–Crippen LogP) is 2.23. The Morgan fingerprint density at radius 1 is 1.44 bits per heavy atom. The highest BCUT2D eigenvalue weighted by molar-refractivity contribution is 5.69. The minimum Gasteiger partial charge on any atom is -0.460 e. The van der Waals surface area contributed by atoms with E-state index in [1.807, 2.05) is 39.2 Å². The average molecular weight is 224 g/mol. The van der Waals surface area contributed by atoms with E-state index in [0.717, 1.165) is 11.4 Å². The lowest BCUT2D eigenvalue weighted by atomic mass is 10.2. The maximum Gasteiger partial charge on any atom is 0.308 e. The van der Waals surface area contributed by atoms with Gasteiger partial charge in [-0.1, -0.05) is 0 Å². The molecule has 4 nitrogen and oxygen atoms in total. The van der Waals surface area contributed by atoms with Gasteiger partial charge in [0.05, 0.1) is 18.4 Å². The van der Waals surface area contributed by atoms with Crippen LogP contribution in [0.5, 0.6) is 0 Å². The Hall–Kier alpha value is -1.32. The zero-order valence-corrected chi connectivity index (χ0v) is 10.7. The van der Waals surface area contributed by atoms with Crippen molar-refractivity contribution in [2.45, 2.75) is 53.2 Å². The van der Waals surface area contributed by atoms with Crippen LogP contribution in [0.3, 0.4) is 0 Å². The maximum absolute atomic E-state index is 11.5. The van der Waals surface area contributed by atoms with Gasteiger partial charge in [-0.2, -0.15) is 0 Å². The Bertz CT molecular complexity index is 375.